The van der Waals surface area contributed by atoms with Crippen LogP contribution in [0, 0.1) is 11.7 Å². The van der Waals surface area contributed by atoms with Gasteiger partial charge in [-0.15, -0.1) is 0 Å². The van der Waals surface area contributed by atoms with Crippen molar-refractivity contribution in [2.24, 2.45) is 5.92 Å². The average molecular weight is 317 g/mol. The lowest BCUT2D eigenvalue weighted by Gasteiger charge is -2.11. The minimum absolute atomic E-state index is 0.117. The second-order valence-electron chi connectivity index (χ2n) is 3.88. The van der Waals surface area contributed by atoms with Gasteiger partial charge in [0.25, 0.3) is 0 Å². The Labute approximate surface area is 111 Å². The van der Waals surface area contributed by atoms with Gasteiger partial charge in [0.1, 0.15) is 17.4 Å². The van der Waals surface area contributed by atoms with Gasteiger partial charge < -0.3 is 15.7 Å². The third kappa shape index (κ3) is 2.31. The van der Waals surface area contributed by atoms with Crippen LogP contribution in [0.5, 0.6) is 5.75 Å². The van der Waals surface area contributed by atoms with Crippen molar-refractivity contribution in [3.8, 4) is 5.75 Å². The van der Waals surface area contributed by atoms with Gasteiger partial charge >= 0.3 is 0 Å². The minimum Gasteiger partial charge on any atom is -0.506 e. The Hall–Kier alpha value is -1.63. The van der Waals surface area contributed by atoms with E-state index in [1.54, 1.807) is 0 Å². The zero-order valence-corrected chi connectivity index (χ0v) is 10.8. The predicted molar refractivity (Wildman–Crippen MR) is 65.5 cm³/mol. The van der Waals surface area contributed by atoms with E-state index >= 15 is 0 Å². The third-order valence-corrected chi connectivity index (χ3v) is 3.30. The Morgan fingerprint density at radius 2 is 2.28 bits per heavy atom. The Kier molecular flexibility index (Phi) is 3.51. The fourth-order valence-electron chi connectivity index (χ4n) is 1.71. The van der Waals surface area contributed by atoms with Crippen molar-refractivity contribution >= 4 is 33.4 Å². The van der Waals surface area contributed by atoms with Crippen LogP contribution in [0.15, 0.2) is 16.6 Å². The number of phenolic OH excluding ortho intramolecular Hbond substituents is 1. The molecule has 96 valence electrons. The van der Waals surface area contributed by atoms with Gasteiger partial charge in [0.2, 0.25) is 11.8 Å². The Balaban J connectivity index is 2.21. The first-order chi connectivity index (χ1) is 8.50. The zero-order chi connectivity index (χ0) is 13.3. The summed E-state index contributed by atoms with van der Waals surface area (Å²) in [6, 6.07) is 2.57. The second-order valence-corrected chi connectivity index (χ2v) is 4.73. The fourth-order valence-corrected chi connectivity index (χ4v) is 2.04. The van der Waals surface area contributed by atoms with Crippen molar-refractivity contribution in [2.45, 2.75) is 6.42 Å². The lowest BCUT2D eigenvalue weighted by atomic mass is 10.1. The van der Waals surface area contributed by atoms with Crippen molar-refractivity contribution in [2.75, 3.05) is 11.9 Å². The number of aromatic hydroxyl groups is 1. The first-order valence-corrected chi connectivity index (χ1v) is 6.05. The van der Waals surface area contributed by atoms with E-state index in [0.717, 1.165) is 0 Å². The van der Waals surface area contributed by atoms with Crippen LogP contribution in [-0.2, 0) is 9.59 Å². The number of rotatable bonds is 2. The Morgan fingerprint density at radius 3 is 2.89 bits per heavy atom. The first-order valence-electron chi connectivity index (χ1n) is 5.26. The molecule has 1 aromatic rings. The van der Waals surface area contributed by atoms with Crippen molar-refractivity contribution in [1.29, 1.82) is 0 Å². The molecular weight excluding hydrogens is 307 g/mol. The molecule has 0 spiro atoms. The molecule has 1 saturated heterocycles. The molecular formula is C11H10BrFN2O3. The molecule has 1 atom stereocenters. The van der Waals surface area contributed by atoms with Gasteiger partial charge in [0.15, 0.2) is 5.82 Å². The number of phenols is 1. The first kappa shape index (κ1) is 12.8. The number of nitrogens with one attached hydrogen (secondary N) is 2. The summed E-state index contributed by atoms with van der Waals surface area (Å²) in [6.45, 7) is 0.421. The van der Waals surface area contributed by atoms with Gasteiger partial charge in [-0.1, -0.05) is 0 Å². The van der Waals surface area contributed by atoms with Crippen molar-refractivity contribution in [1.82, 2.24) is 5.32 Å². The minimum atomic E-state index is -0.845. The van der Waals surface area contributed by atoms with Gasteiger partial charge in [-0.2, -0.15) is 0 Å². The van der Waals surface area contributed by atoms with Gasteiger partial charge in [-0.05, 0) is 34.5 Å². The quantitative estimate of drug-likeness (QED) is 0.569. The summed E-state index contributed by atoms with van der Waals surface area (Å²) in [4.78, 5) is 23.1. The number of hydrogen-bond acceptors (Lipinski definition) is 3. The molecule has 1 unspecified atom stereocenters. The molecule has 0 saturated carbocycles. The molecule has 18 heavy (non-hydrogen) atoms. The van der Waals surface area contributed by atoms with Crippen LogP contribution in [0.25, 0.3) is 0 Å². The number of carbonyl (C=O) groups is 2. The molecule has 1 aromatic carbocycles. The number of hydrogen-bond donors (Lipinski definition) is 3. The highest BCUT2D eigenvalue weighted by Gasteiger charge is 2.32. The van der Waals surface area contributed by atoms with E-state index in [-0.39, 0.29) is 21.8 Å². The number of amides is 2. The largest absolute Gasteiger partial charge is 0.506 e. The van der Waals surface area contributed by atoms with Gasteiger partial charge in [0.05, 0.1) is 4.47 Å². The van der Waals surface area contributed by atoms with Crippen molar-refractivity contribution in [3.63, 3.8) is 0 Å². The summed E-state index contributed by atoms with van der Waals surface area (Å²) < 4.78 is 13.8. The van der Waals surface area contributed by atoms with Crippen LogP contribution in [0.2, 0.25) is 0 Å². The maximum absolute atomic E-state index is 13.7. The van der Waals surface area contributed by atoms with E-state index in [9.17, 15) is 19.1 Å². The average Bonchev–Trinajstić information content (AvgIpc) is 2.76. The summed E-state index contributed by atoms with van der Waals surface area (Å²) in [7, 11) is 0. The number of anilines is 1. The lowest BCUT2D eigenvalue weighted by molar-refractivity contribution is -0.130. The smallest absolute Gasteiger partial charge is 0.237 e. The normalized spacial score (nSPS) is 18.6. The molecule has 1 fully saturated rings. The maximum Gasteiger partial charge on any atom is 0.237 e. The van der Waals surface area contributed by atoms with Crippen LogP contribution < -0.4 is 10.6 Å². The summed E-state index contributed by atoms with van der Waals surface area (Å²) in [6.07, 6.45) is 0.362. The van der Waals surface area contributed by atoms with E-state index in [0.29, 0.717) is 13.0 Å². The highest BCUT2D eigenvalue weighted by Crippen LogP contribution is 2.32. The van der Waals surface area contributed by atoms with Gasteiger partial charge in [-0.25, -0.2) is 4.39 Å². The summed E-state index contributed by atoms with van der Waals surface area (Å²) in [5, 5.41) is 14.2. The predicted octanol–water partition coefficient (Wildman–Crippen LogP) is 1.37. The fraction of sp³-hybridized carbons (Fsp3) is 0.273. The Bertz CT molecular complexity index is 521. The molecule has 1 aliphatic rings. The monoisotopic (exact) mass is 316 g/mol. The molecule has 0 aromatic heterocycles. The van der Waals surface area contributed by atoms with Crippen LogP contribution in [0.4, 0.5) is 10.1 Å². The Morgan fingerprint density at radius 1 is 1.56 bits per heavy atom. The molecule has 1 aliphatic heterocycles. The van der Waals surface area contributed by atoms with Crippen molar-refractivity contribution < 1.29 is 19.1 Å². The number of carbonyl (C=O) groups excluding carboxylic acids is 2. The van der Waals surface area contributed by atoms with E-state index < -0.39 is 17.6 Å². The van der Waals surface area contributed by atoms with E-state index in [4.69, 9.17) is 0 Å². The highest BCUT2D eigenvalue weighted by atomic mass is 79.9. The molecule has 0 aliphatic carbocycles. The maximum atomic E-state index is 13.7. The number of halogens is 2. The summed E-state index contributed by atoms with van der Waals surface area (Å²) >= 11 is 2.95. The highest BCUT2D eigenvalue weighted by molar-refractivity contribution is 9.10. The van der Waals surface area contributed by atoms with Crippen LogP contribution in [0.1, 0.15) is 6.42 Å². The molecule has 0 bridgehead atoms. The van der Waals surface area contributed by atoms with E-state index in [1.165, 1.54) is 12.1 Å². The van der Waals surface area contributed by atoms with E-state index in [1.807, 2.05) is 0 Å². The molecule has 3 N–H and O–H groups in total. The van der Waals surface area contributed by atoms with Gasteiger partial charge in [0, 0.05) is 6.54 Å². The third-order valence-electron chi connectivity index (χ3n) is 2.69. The SMILES string of the molecule is O=C1NCCC1C(=O)Nc1c(O)ccc(Br)c1F. The lowest BCUT2D eigenvalue weighted by Crippen LogP contribution is -2.30. The summed E-state index contributed by atoms with van der Waals surface area (Å²) in [5.74, 6) is -3.02. The molecule has 0 radical (unpaired) electrons. The number of benzene rings is 1. The topological polar surface area (TPSA) is 78.4 Å². The van der Waals surface area contributed by atoms with Crippen LogP contribution >= 0.6 is 15.9 Å². The zero-order valence-electron chi connectivity index (χ0n) is 9.17. The van der Waals surface area contributed by atoms with Crippen molar-refractivity contribution in [3.05, 3.63) is 22.4 Å². The second kappa shape index (κ2) is 4.93. The molecule has 2 amide bonds. The van der Waals surface area contributed by atoms with E-state index in [2.05, 4.69) is 26.6 Å². The summed E-state index contributed by atoms with van der Waals surface area (Å²) in [5.41, 5.74) is -0.325. The molecule has 5 nitrogen and oxygen atoms in total. The van der Waals surface area contributed by atoms with Crippen LogP contribution in [0.3, 0.4) is 0 Å². The van der Waals surface area contributed by atoms with Gasteiger partial charge in [-0.3, -0.25) is 9.59 Å². The van der Waals surface area contributed by atoms with Crippen LogP contribution in [-0.4, -0.2) is 23.5 Å². The molecule has 7 heteroatoms. The molecule has 2 rings (SSSR count). The standard InChI is InChI=1S/C11H10BrFN2O3/c12-6-1-2-7(16)9(8(6)13)15-11(18)5-3-4-14-10(5)17/h1-2,5,16H,3-4H2,(H,14,17)(H,15,18). The molecule has 1 heterocycles.